The minimum Gasteiger partial charge on any atom is -0.362 e. The van der Waals surface area contributed by atoms with Crippen molar-refractivity contribution in [2.45, 2.75) is 18.6 Å². The van der Waals surface area contributed by atoms with Gasteiger partial charge in [-0.2, -0.15) is 0 Å². The summed E-state index contributed by atoms with van der Waals surface area (Å²) < 4.78 is 2.02. The number of nitrogens with zero attached hydrogens (tertiary/aromatic N) is 6. The van der Waals surface area contributed by atoms with E-state index in [-0.39, 0.29) is 22.3 Å². The molecule has 0 spiro atoms. The van der Waals surface area contributed by atoms with Gasteiger partial charge < -0.3 is 14.4 Å². The predicted molar refractivity (Wildman–Crippen MR) is 122 cm³/mol. The molecule has 1 fully saturated rings. The van der Waals surface area contributed by atoms with Crippen LogP contribution in [-0.4, -0.2) is 62.4 Å². The van der Waals surface area contributed by atoms with Gasteiger partial charge in [0.25, 0.3) is 5.69 Å². The summed E-state index contributed by atoms with van der Waals surface area (Å²) in [7, 11) is 0. The van der Waals surface area contributed by atoms with E-state index >= 15 is 0 Å². The lowest BCUT2D eigenvalue weighted by Gasteiger charge is -2.35. The van der Waals surface area contributed by atoms with Crippen molar-refractivity contribution in [3.05, 3.63) is 51.9 Å². The van der Waals surface area contributed by atoms with Crippen molar-refractivity contribution >= 4 is 40.4 Å². The molecule has 162 valence electrons. The number of carbonyl (C=O) groups excluding carboxylic acids is 1. The highest BCUT2D eigenvalue weighted by atomic mass is 32.2. The third-order valence-electron chi connectivity index (χ3n) is 5.15. The summed E-state index contributed by atoms with van der Waals surface area (Å²) in [5, 5.41) is 22.6. The molecular weight excluding hydrogens is 436 g/mol. The molecular formula is C20H22N6O3S2. The summed E-state index contributed by atoms with van der Waals surface area (Å²) in [6.45, 7) is 4.96. The van der Waals surface area contributed by atoms with Crippen LogP contribution in [-0.2, 0) is 11.3 Å². The topological polar surface area (TPSA) is 97.4 Å². The lowest BCUT2D eigenvalue weighted by atomic mass is 10.2. The third kappa shape index (κ3) is 4.57. The van der Waals surface area contributed by atoms with Crippen molar-refractivity contribution in [1.29, 1.82) is 0 Å². The van der Waals surface area contributed by atoms with Crippen molar-refractivity contribution < 1.29 is 9.72 Å². The van der Waals surface area contributed by atoms with E-state index in [4.69, 9.17) is 0 Å². The van der Waals surface area contributed by atoms with Gasteiger partial charge in [0.1, 0.15) is 5.69 Å². The van der Waals surface area contributed by atoms with E-state index in [1.54, 1.807) is 29.5 Å². The van der Waals surface area contributed by atoms with Crippen molar-refractivity contribution in [1.82, 2.24) is 19.7 Å². The van der Waals surface area contributed by atoms with Gasteiger partial charge in [-0.1, -0.05) is 30.0 Å². The molecule has 0 atom stereocenters. The van der Waals surface area contributed by atoms with Gasteiger partial charge >= 0.3 is 0 Å². The van der Waals surface area contributed by atoms with Gasteiger partial charge in [0, 0.05) is 38.8 Å². The number of rotatable bonds is 7. The predicted octanol–water partition coefficient (Wildman–Crippen LogP) is 3.38. The van der Waals surface area contributed by atoms with Crippen LogP contribution in [0.5, 0.6) is 0 Å². The highest BCUT2D eigenvalue weighted by molar-refractivity contribution is 7.99. The zero-order valence-corrected chi connectivity index (χ0v) is 18.6. The first kappa shape index (κ1) is 21.3. The van der Waals surface area contributed by atoms with Gasteiger partial charge in [-0.15, -0.1) is 21.5 Å². The molecule has 0 unspecified atom stereocenters. The van der Waals surface area contributed by atoms with Crippen molar-refractivity contribution in [2.24, 2.45) is 0 Å². The standard InChI is InChI=1S/C20H22N6O3S2/c1-2-25-19(17-8-5-13-30-17)21-22-20(25)31-14-18(27)24-11-9-23(10-12-24)15-6-3-4-7-16(15)26(28)29/h3-8,13H,2,9-12,14H2,1H3. The molecule has 1 aromatic carbocycles. The van der Waals surface area contributed by atoms with Crippen LogP contribution in [0.15, 0.2) is 46.9 Å². The number of anilines is 1. The largest absolute Gasteiger partial charge is 0.362 e. The Labute approximate surface area is 187 Å². The smallest absolute Gasteiger partial charge is 0.292 e. The lowest BCUT2D eigenvalue weighted by molar-refractivity contribution is -0.384. The molecule has 1 saturated heterocycles. The number of hydrogen-bond donors (Lipinski definition) is 0. The van der Waals surface area contributed by atoms with Gasteiger partial charge in [0.15, 0.2) is 11.0 Å². The Hall–Kier alpha value is -2.92. The molecule has 1 aliphatic heterocycles. The van der Waals surface area contributed by atoms with Crippen molar-refractivity contribution in [2.75, 3.05) is 36.8 Å². The van der Waals surface area contributed by atoms with Crippen LogP contribution in [0, 0.1) is 10.1 Å². The number of para-hydroxylation sites is 2. The van der Waals surface area contributed by atoms with Crippen LogP contribution in [0.2, 0.25) is 0 Å². The Morgan fingerprint density at radius 2 is 1.94 bits per heavy atom. The van der Waals surface area contributed by atoms with Gasteiger partial charge in [0.05, 0.1) is 15.6 Å². The Bertz CT molecular complexity index is 1060. The van der Waals surface area contributed by atoms with E-state index in [0.717, 1.165) is 22.4 Å². The van der Waals surface area contributed by atoms with Crippen LogP contribution < -0.4 is 4.90 Å². The number of amides is 1. The lowest BCUT2D eigenvalue weighted by Crippen LogP contribution is -2.49. The molecule has 1 aliphatic rings. The minimum absolute atomic E-state index is 0.0375. The quantitative estimate of drug-likeness (QED) is 0.304. The molecule has 0 aliphatic carbocycles. The second-order valence-corrected chi connectivity index (χ2v) is 8.82. The van der Waals surface area contributed by atoms with Gasteiger partial charge in [-0.25, -0.2) is 0 Å². The van der Waals surface area contributed by atoms with Crippen LogP contribution in [0.1, 0.15) is 6.92 Å². The Morgan fingerprint density at radius 1 is 1.16 bits per heavy atom. The molecule has 0 radical (unpaired) electrons. The van der Waals surface area contributed by atoms with E-state index in [9.17, 15) is 14.9 Å². The number of hydrogen-bond acceptors (Lipinski definition) is 8. The maximum Gasteiger partial charge on any atom is 0.292 e. The highest BCUT2D eigenvalue weighted by Crippen LogP contribution is 2.29. The zero-order chi connectivity index (χ0) is 21.8. The number of carbonyl (C=O) groups is 1. The summed E-state index contributed by atoms with van der Waals surface area (Å²) in [6, 6.07) is 10.7. The fourth-order valence-corrected chi connectivity index (χ4v) is 5.19. The number of nitro benzene ring substituents is 1. The normalized spacial score (nSPS) is 14.1. The number of nitro groups is 1. The van der Waals surface area contributed by atoms with E-state index in [1.165, 1.54) is 17.8 Å². The summed E-state index contributed by atoms with van der Waals surface area (Å²) in [5.74, 6) is 1.15. The average molecular weight is 459 g/mol. The molecule has 4 rings (SSSR count). The monoisotopic (exact) mass is 458 g/mol. The average Bonchev–Trinajstić information content (AvgIpc) is 3.47. The number of aromatic nitrogens is 3. The fraction of sp³-hybridized carbons (Fsp3) is 0.350. The maximum atomic E-state index is 12.7. The second kappa shape index (κ2) is 9.48. The molecule has 0 N–H and O–H groups in total. The van der Waals surface area contributed by atoms with Crippen LogP contribution in [0.3, 0.4) is 0 Å². The molecule has 31 heavy (non-hydrogen) atoms. The van der Waals surface area contributed by atoms with E-state index in [1.807, 2.05) is 38.8 Å². The van der Waals surface area contributed by atoms with Gasteiger partial charge in [-0.3, -0.25) is 14.9 Å². The number of piperazine rings is 1. The van der Waals surface area contributed by atoms with Crippen molar-refractivity contribution in [3.63, 3.8) is 0 Å². The summed E-state index contributed by atoms with van der Waals surface area (Å²) in [5.41, 5.74) is 0.699. The Balaban J connectivity index is 1.35. The molecule has 3 aromatic rings. The molecule has 9 nitrogen and oxygen atoms in total. The fourth-order valence-electron chi connectivity index (χ4n) is 3.57. The summed E-state index contributed by atoms with van der Waals surface area (Å²) >= 11 is 3.01. The minimum atomic E-state index is -0.363. The molecule has 3 heterocycles. The van der Waals surface area contributed by atoms with Gasteiger partial charge in [-0.05, 0) is 24.4 Å². The Kier molecular flexibility index (Phi) is 6.52. The summed E-state index contributed by atoms with van der Waals surface area (Å²) in [4.78, 5) is 28.5. The van der Waals surface area contributed by atoms with E-state index in [0.29, 0.717) is 31.9 Å². The maximum absolute atomic E-state index is 12.7. The van der Waals surface area contributed by atoms with Gasteiger partial charge in [0.2, 0.25) is 5.91 Å². The van der Waals surface area contributed by atoms with Crippen LogP contribution in [0.25, 0.3) is 10.7 Å². The number of thioether (sulfide) groups is 1. The molecule has 11 heteroatoms. The van der Waals surface area contributed by atoms with Crippen LogP contribution >= 0.6 is 23.1 Å². The molecule has 1 amide bonds. The van der Waals surface area contributed by atoms with E-state index in [2.05, 4.69) is 10.2 Å². The first-order valence-corrected chi connectivity index (χ1v) is 11.8. The van der Waals surface area contributed by atoms with Crippen LogP contribution in [0.4, 0.5) is 11.4 Å². The molecule has 0 bridgehead atoms. The highest BCUT2D eigenvalue weighted by Gasteiger charge is 2.26. The molecule has 2 aromatic heterocycles. The van der Waals surface area contributed by atoms with E-state index < -0.39 is 0 Å². The number of benzene rings is 1. The first-order chi connectivity index (χ1) is 15.1. The summed E-state index contributed by atoms with van der Waals surface area (Å²) in [6.07, 6.45) is 0. The molecule has 0 saturated carbocycles. The number of thiophene rings is 1. The first-order valence-electron chi connectivity index (χ1n) is 9.94. The Morgan fingerprint density at radius 3 is 2.61 bits per heavy atom. The zero-order valence-electron chi connectivity index (χ0n) is 17.0. The second-order valence-electron chi connectivity index (χ2n) is 6.93. The third-order valence-corrected chi connectivity index (χ3v) is 6.97. The SMILES string of the molecule is CCn1c(SCC(=O)N2CCN(c3ccccc3[N+](=O)[O-])CC2)nnc1-c1cccs1. The van der Waals surface area contributed by atoms with Crippen molar-refractivity contribution in [3.8, 4) is 10.7 Å².